The van der Waals surface area contributed by atoms with E-state index in [0.29, 0.717) is 23.8 Å². The summed E-state index contributed by atoms with van der Waals surface area (Å²) in [6, 6.07) is 7.72. The summed E-state index contributed by atoms with van der Waals surface area (Å²) in [5.74, 6) is -0.431. The molecule has 7 heteroatoms. The summed E-state index contributed by atoms with van der Waals surface area (Å²) in [5, 5.41) is 13.1. The van der Waals surface area contributed by atoms with Crippen molar-refractivity contribution < 1.29 is 29.0 Å². The number of benzene rings is 1. The van der Waals surface area contributed by atoms with Crippen LogP contribution < -0.4 is 5.32 Å². The number of ketones is 1. The molecule has 2 N–H and O–H groups in total. The minimum Gasteiger partial charge on any atom is -0.481 e. The van der Waals surface area contributed by atoms with Crippen molar-refractivity contribution in [2.45, 2.75) is 145 Å². The number of Topliss-reactive ketones (excluding diaryl/α,β-unsaturated/α-hetero) is 1. The van der Waals surface area contributed by atoms with Crippen molar-refractivity contribution in [2.75, 3.05) is 0 Å². The number of carboxylic acid groups (broad SMARTS) is 1. The molecule has 1 aromatic rings. The van der Waals surface area contributed by atoms with Gasteiger partial charge in [0.05, 0.1) is 17.4 Å². The van der Waals surface area contributed by atoms with Crippen LogP contribution in [0.15, 0.2) is 35.4 Å². The fraction of sp³-hybridized carbons (Fsp3) is 0.721. The Hall–Kier alpha value is -2.96. The number of carbonyl (C=O) groups excluding carboxylic acids is 3. The lowest BCUT2D eigenvalue weighted by atomic mass is 9.34. The minimum atomic E-state index is -1.17. The quantitative estimate of drug-likeness (QED) is 0.219. The lowest BCUT2D eigenvalue weighted by Crippen LogP contribution is -2.65. The van der Waals surface area contributed by atoms with Crippen LogP contribution in [0.2, 0.25) is 0 Å². The van der Waals surface area contributed by atoms with Crippen molar-refractivity contribution in [3.63, 3.8) is 0 Å². The first-order valence-electron chi connectivity index (χ1n) is 19.2. The highest BCUT2D eigenvalue weighted by molar-refractivity contribution is 5.99. The van der Waals surface area contributed by atoms with Gasteiger partial charge in [-0.2, -0.15) is 0 Å². The molecule has 4 fully saturated rings. The number of amides is 1. The predicted molar refractivity (Wildman–Crippen MR) is 194 cm³/mol. The van der Waals surface area contributed by atoms with Crippen LogP contribution in [0.25, 0.3) is 0 Å². The van der Waals surface area contributed by atoms with Gasteiger partial charge in [0.15, 0.2) is 0 Å². The summed E-state index contributed by atoms with van der Waals surface area (Å²) in [6.45, 7) is 21.5. The number of carboxylic acids is 1. The first-order chi connectivity index (χ1) is 23.1. The van der Waals surface area contributed by atoms with Crippen molar-refractivity contribution in [3.05, 3.63) is 46.5 Å². The molecule has 0 radical (unpaired) electrons. The highest BCUT2D eigenvalue weighted by Gasteiger charge is 2.69. The molecule has 8 atom stereocenters. The van der Waals surface area contributed by atoms with Crippen molar-refractivity contribution in [2.24, 2.45) is 50.7 Å². The summed E-state index contributed by atoms with van der Waals surface area (Å²) in [4.78, 5) is 52.7. The SMILES string of the molecule is Cc1ccccc1C(=O)N[C@@]12CC[C@]3(C)C(=C1C(C(C)C)C(=O)C2)CC[C@@H]1[C@@]2(C)CC[C@H](OC(=O)CC(C)(C)C(=O)O)C(C)(C)[C@@H]2CC[C@]13C. The van der Waals surface area contributed by atoms with Crippen molar-refractivity contribution in [1.82, 2.24) is 5.32 Å². The van der Waals surface area contributed by atoms with Crippen molar-refractivity contribution in [1.29, 1.82) is 0 Å². The van der Waals surface area contributed by atoms with Gasteiger partial charge >= 0.3 is 11.9 Å². The molecule has 0 saturated heterocycles. The van der Waals surface area contributed by atoms with Crippen LogP contribution in [0, 0.1) is 57.7 Å². The van der Waals surface area contributed by atoms with Gasteiger partial charge < -0.3 is 15.2 Å². The van der Waals surface area contributed by atoms with Gasteiger partial charge in [-0.15, -0.1) is 0 Å². The summed E-state index contributed by atoms with van der Waals surface area (Å²) >= 11 is 0. The third-order valence-electron chi connectivity index (χ3n) is 15.5. The number of rotatable bonds is 7. The Balaban J connectivity index is 1.33. The van der Waals surface area contributed by atoms with Gasteiger partial charge in [0.2, 0.25) is 0 Å². The molecule has 50 heavy (non-hydrogen) atoms. The Morgan fingerprint density at radius 3 is 2.28 bits per heavy atom. The van der Waals surface area contributed by atoms with Gasteiger partial charge in [0.25, 0.3) is 5.91 Å². The number of nitrogens with one attached hydrogen (secondary N) is 1. The van der Waals surface area contributed by atoms with Crippen molar-refractivity contribution in [3.8, 4) is 0 Å². The molecular weight excluding hydrogens is 626 g/mol. The monoisotopic (exact) mass is 687 g/mol. The number of aryl methyl sites for hydroxylation is 1. The van der Waals surface area contributed by atoms with Gasteiger partial charge in [0.1, 0.15) is 11.9 Å². The van der Waals surface area contributed by atoms with E-state index in [1.165, 1.54) is 11.1 Å². The van der Waals surface area contributed by atoms with Gasteiger partial charge in [-0.25, -0.2) is 0 Å². The molecule has 1 amide bonds. The van der Waals surface area contributed by atoms with Crippen molar-refractivity contribution >= 4 is 23.6 Å². The van der Waals surface area contributed by atoms with Crippen LogP contribution in [0.3, 0.4) is 0 Å². The standard InChI is InChI=1S/C43H61NO6/c1-25(2)34-29(45)23-43(44-36(47)27-14-12-11-13-26(27)3)22-21-41(9)28(35(34)43)15-16-31-40(8)19-18-32(50-33(46)24-38(4,5)37(48)49)39(6,7)30(40)17-20-42(31,41)10/h11-14,25,30-32,34H,15-24H2,1-10H3,(H,44,47)(H,48,49)/t30-,31+,32-,34?,40-,41+,42+,43+/m0/s1. The predicted octanol–water partition coefficient (Wildman–Crippen LogP) is 8.87. The third-order valence-corrected chi connectivity index (χ3v) is 15.5. The van der Waals surface area contributed by atoms with E-state index in [1.54, 1.807) is 13.8 Å². The van der Waals surface area contributed by atoms with E-state index in [4.69, 9.17) is 4.74 Å². The second kappa shape index (κ2) is 12.0. The van der Waals surface area contributed by atoms with Gasteiger partial charge in [-0.1, -0.05) is 72.2 Å². The average Bonchev–Trinajstić information content (AvgIpc) is 3.30. The minimum absolute atomic E-state index is 0.0172. The Kier molecular flexibility index (Phi) is 8.87. The molecule has 1 unspecified atom stereocenters. The second-order valence-corrected chi connectivity index (χ2v) is 19.3. The Bertz CT molecular complexity index is 1640. The van der Waals surface area contributed by atoms with Crippen LogP contribution in [0.4, 0.5) is 0 Å². The van der Waals surface area contributed by atoms with Gasteiger partial charge in [-0.3, -0.25) is 19.2 Å². The second-order valence-electron chi connectivity index (χ2n) is 19.3. The fourth-order valence-electron chi connectivity index (χ4n) is 12.6. The Morgan fingerprint density at radius 1 is 0.960 bits per heavy atom. The molecule has 4 saturated carbocycles. The zero-order valence-electron chi connectivity index (χ0n) is 32.3. The molecule has 0 spiro atoms. The largest absolute Gasteiger partial charge is 0.481 e. The van der Waals surface area contributed by atoms with E-state index in [-0.39, 0.29) is 57.7 Å². The normalized spacial score (nSPS) is 37.7. The number of allylic oxidation sites excluding steroid dienone is 1. The third kappa shape index (κ3) is 5.33. The van der Waals surface area contributed by atoms with E-state index in [1.807, 2.05) is 31.2 Å². The molecule has 7 nitrogen and oxygen atoms in total. The van der Waals surface area contributed by atoms with E-state index in [9.17, 15) is 24.3 Å². The highest BCUT2D eigenvalue weighted by atomic mass is 16.5. The number of hydrogen-bond donors (Lipinski definition) is 2. The van der Waals surface area contributed by atoms with Gasteiger partial charge in [-0.05, 0) is 123 Å². The van der Waals surface area contributed by atoms with E-state index in [2.05, 4.69) is 53.8 Å². The highest BCUT2D eigenvalue weighted by Crippen LogP contribution is 2.75. The van der Waals surface area contributed by atoms with E-state index < -0.39 is 22.9 Å². The number of fused-ring (bicyclic) bond motifs is 6. The molecule has 6 rings (SSSR count). The summed E-state index contributed by atoms with van der Waals surface area (Å²) in [6.07, 6.45) is 7.52. The average molecular weight is 688 g/mol. The van der Waals surface area contributed by atoms with Crippen LogP contribution in [0.5, 0.6) is 0 Å². The first-order valence-corrected chi connectivity index (χ1v) is 19.2. The fourth-order valence-corrected chi connectivity index (χ4v) is 12.6. The maximum Gasteiger partial charge on any atom is 0.309 e. The maximum absolute atomic E-state index is 14.0. The molecule has 1 aromatic carbocycles. The number of esters is 1. The number of carbonyl (C=O) groups is 4. The lowest BCUT2D eigenvalue weighted by molar-refractivity contribution is -0.214. The van der Waals surface area contributed by atoms with Crippen LogP contribution in [-0.2, 0) is 19.1 Å². The number of aliphatic carboxylic acids is 1. The zero-order valence-corrected chi connectivity index (χ0v) is 32.3. The zero-order chi connectivity index (χ0) is 36.8. The Labute approximate surface area is 299 Å². The molecule has 5 aliphatic rings. The first kappa shape index (κ1) is 36.8. The molecule has 0 heterocycles. The smallest absolute Gasteiger partial charge is 0.309 e. The van der Waals surface area contributed by atoms with Crippen LogP contribution in [0.1, 0.15) is 142 Å². The Morgan fingerprint density at radius 2 is 1.64 bits per heavy atom. The summed E-state index contributed by atoms with van der Waals surface area (Å²) in [5.41, 5.74) is 2.22. The summed E-state index contributed by atoms with van der Waals surface area (Å²) in [7, 11) is 0. The number of hydrogen-bond acceptors (Lipinski definition) is 5. The van der Waals surface area contributed by atoms with Crippen LogP contribution >= 0.6 is 0 Å². The lowest BCUT2D eigenvalue weighted by Gasteiger charge is -2.70. The van der Waals surface area contributed by atoms with E-state index >= 15 is 0 Å². The topological polar surface area (TPSA) is 110 Å². The van der Waals surface area contributed by atoms with Gasteiger partial charge in [0, 0.05) is 23.3 Å². The molecule has 0 aliphatic heterocycles. The molecule has 0 aromatic heterocycles. The number of ether oxygens (including phenoxy) is 1. The molecule has 274 valence electrons. The molecule has 0 bridgehead atoms. The van der Waals surface area contributed by atoms with E-state index in [0.717, 1.165) is 56.9 Å². The van der Waals surface area contributed by atoms with Crippen LogP contribution in [-0.4, -0.2) is 40.4 Å². The maximum atomic E-state index is 14.0. The summed E-state index contributed by atoms with van der Waals surface area (Å²) < 4.78 is 6.15. The molecular formula is C43H61NO6. The molecule has 5 aliphatic carbocycles.